The number of hydrogen-bond acceptors (Lipinski definition) is 3. The summed E-state index contributed by atoms with van der Waals surface area (Å²) in [6, 6.07) is 7.56. The van der Waals surface area contributed by atoms with E-state index in [0.717, 1.165) is 31.9 Å². The number of phenolic OH excluding ortho intramolecular Hbond substituents is 1. The number of phenols is 1. The maximum absolute atomic E-state index is 9.78. The Kier molecular flexibility index (Phi) is 3.11. The lowest BCUT2D eigenvalue weighted by Crippen LogP contribution is -2.29. The molecule has 3 heteroatoms. The zero-order valence-corrected chi connectivity index (χ0v) is 9.11. The van der Waals surface area contributed by atoms with Crippen molar-refractivity contribution in [2.45, 2.75) is 6.92 Å². The fraction of sp³-hybridized carbons (Fsp3) is 0.500. The highest BCUT2D eigenvalue weighted by Crippen LogP contribution is 2.27. The van der Waals surface area contributed by atoms with Crippen LogP contribution in [0.2, 0.25) is 0 Å². The van der Waals surface area contributed by atoms with Crippen LogP contribution in [0, 0.1) is 5.92 Å². The van der Waals surface area contributed by atoms with Crippen LogP contribution in [0.5, 0.6) is 5.75 Å². The Morgan fingerprint density at radius 3 is 3.00 bits per heavy atom. The molecule has 0 aromatic heterocycles. The molecule has 0 aliphatic carbocycles. The van der Waals surface area contributed by atoms with Crippen LogP contribution >= 0.6 is 0 Å². The monoisotopic (exact) mass is 206 g/mol. The Morgan fingerprint density at radius 2 is 2.20 bits per heavy atom. The number of benzene rings is 1. The zero-order valence-electron chi connectivity index (χ0n) is 9.11. The first-order valence-corrected chi connectivity index (χ1v) is 5.51. The van der Waals surface area contributed by atoms with Crippen LogP contribution in [-0.2, 0) is 0 Å². The average Bonchev–Trinajstić information content (AvgIpc) is 2.43. The summed E-state index contributed by atoms with van der Waals surface area (Å²) in [4.78, 5) is 2.25. The van der Waals surface area contributed by atoms with Gasteiger partial charge < -0.3 is 15.3 Å². The molecular formula is C12H18N2O. The third kappa shape index (κ3) is 2.42. The molecule has 1 saturated heterocycles. The van der Waals surface area contributed by atoms with Gasteiger partial charge in [0.1, 0.15) is 5.75 Å². The molecule has 15 heavy (non-hydrogen) atoms. The molecule has 1 aromatic rings. The Labute approximate surface area is 90.7 Å². The first kappa shape index (κ1) is 10.3. The Bertz CT molecular complexity index is 327. The molecule has 2 rings (SSSR count). The first-order valence-electron chi connectivity index (χ1n) is 5.51. The second kappa shape index (κ2) is 4.53. The number of aromatic hydroxyl groups is 1. The molecule has 82 valence electrons. The third-order valence-electron chi connectivity index (χ3n) is 2.81. The maximum Gasteiger partial charge on any atom is 0.138 e. The van der Waals surface area contributed by atoms with Crippen molar-refractivity contribution in [2.75, 3.05) is 31.1 Å². The minimum absolute atomic E-state index is 0.381. The van der Waals surface area contributed by atoms with E-state index in [2.05, 4.69) is 17.1 Å². The van der Waals surface area contributed by atoms with E-state index in [4.69, 9.17) is 0 Å². The molecule has 0 spiro atoms. The van der Waals surface area contributed by atoms with Crippen molar-refractivity contribution in [2.24, 2.45) is 5.92 Å². The van der Waals surface area contributed by atoms with Crippen molar-refractivity contribution in [3.8, 4) is 5.75 Å². The molecule has 1 heterocycles. The van der Waals surface area contributed by atoms with Crippen LogP contribution < -0.4 is 10.2 Å². The molecule has 0 radical (unpaired) electrons. The Morgan fingerprint density at radius 1 is 1.40 bits per heavy atom. The zero-order chi connectivity index (χ0) is 10.7. The summed E-state index contributed by atoms with van der Waals surface area (Å²) in [5.74, 6) is 0.999. The molecule has 1 unspecified atom stereocenters. The van der Waals surface area contributed by atoms with E-state index in [-0.39, 0.29) is 0 Å². The Balaban J connectivity index is 2.18. The van der Waals surface area contributed by atoms with Crippen molar-refractivity contribution in [3.63, 3.8) is 0 Å². The molecule has 1 aliphatic rings. The molecule has 2 N–H and O–H groups in total. The second-order valence-electron chi connectivity index (χ2n) is 4.24. The van der Waals surface area contributed by atoms with E-state index >= 15 is 0 Å². The summed E-state index contributed by atoms with van der Waals surface area (Å²) in [7, 11) is 0. The first-order chi connectivity index (χ1) is 7.27. The molecule has 0 bridgehead atoms. The standard InChI is InChI=1S/C12H18N2O/c1-10-8-13-6-7-14(9-10)11-4-2-3-5-12(11)15/h2-5,10,13,15H,6-9H2,1H3. The van der Waals surface area contributed by atoms with E-state index < -0.39 is 0 Å². The van der Waals surface area contributed by atoms with E-state index in [0.29, 0.717) is 11.7 Å². The van der Waals surface area contributed by atoms with Gasteiger partial charge in [-0.1, -0.05) is 19.1 Å². The summed E-state index contributed by atoms with van der Waals surface area (Å²) >= 11 is 0. The van der Waals surface area contributed by atoms with Crippen molar-refractivity contribution >= 4 is 5.69 Å². The lowest BCUT2D eigenvalue weighted by Gasteiger charge is -2.25. The highest BCUT2D eigenvalue weighted by atomic mass is 16.3. The number of hydrogen-bond donors (Lipinski definition) is 2. The smallest absolute Gasteiger partial charge is 0.138 e. The molecule has 0 amide bonds. The van der Waals surface area contributed by atoms with E-state index in [1.54, 1.807) is 6.07 Å². The van der Waals surface area contributed by atoms with Gasteiger partial charge in [-0.2, -0.15) is 0 Å². The number of para-hydroxylation sites is 2. The van der Waals surface area contributed by atoms with Crippen molar-refractivity contribution in [3.05, 3.63) is 24.3 Å². The fourth-order valence-corrected chi connectivity index (χ4v) is 2.04. The minimum atomic E-state index is 0.381. The molecule has 0 saturated carbocycles. The van der Waals surface area contributed by atoms with Crippen LogP contribution in [0.15, 0.2) is 24.3 Å². The van der Waals surface area contributed by atoms with Gasteiger partial charge >= 0.3 is 0 Å². The second-order valence-corrected chi connectivity index (χ2v) is 4.24. The minimum Gasteiger partial charge on any atom is -0.506 e. The van der Waals surface area contributed by atoms with Gasteiger partial charge in [0.25, 0.3) is 0 Å². The number of anilines is 1. The van der Waals surface area contributed by atoms with Crippen LogP contribution in [0.4, 0.5) is 5.69 Å². The number of nitrogens with one attached hydrogen (secondary N) is 1. The van der Waals surface area contributed by atoms with Crippen molar-refractivity contribution in [1.29, 1.82) is 0 Å². The molecular weight excluding hydrogens is 188 g/mol. The molecule has 1 fully saturated rings. The van der Waals surface area contributed by atoms with E-state index in [9.17, 15) is 5.11 Å². The van der Waals surface area contributed by atoms with Crippen molar-refractivity contribution < 1.29 is 5.11 Å². The van der Waals surface area contributed by atoms with Crippen molar-refractivity contribution in [1.82, 2.24) is 5.32 Å². The summed E-state index contributed by atoms with van der Waals surface area (Å²) in [6.45, 7) is 6.24. The molecule has 1 aromatic carbocycles. The predicted octanol–water partition coefficient (Wildman–Crippen LogP) is 1.44. The maximum atomic E-state index is 9.78. The van der Waals surface area contributed by atoms with Gasteiger partial charge in [-0.3, -0.25) is 0 Å². The van der Waals surface area contributed by atoms with E-state index in [1.165, 1.54) is 0 Å². The van der Waals surface area contributed by atoms with Crippen LogP contribution in [0.3, 0.4) is 0 Å². The number of rotatable bonds is 1. The lowest BCUT2D eigenvalue weighted by atomic mass is 10.1. The van der Waals surface area contributed by atoms with Crippen LogP contribution in [-0.4, -0.2) is 31.3 Å². The van der Waals surface area contributed by atoms with E-state index in [1.807, 2.05) is 18.2 Å². The lowest BCUT2D eigenvalue weighted by molar-refractivity contribution is 0.472. The van der Waals surface area contributed by atoms with Gasteiger partial charge in [0.05, 0.1) is 5.69 Å². The van der Waals surface area contributed by atoms with Crippen LogP contribution in [0.1, 0.15) is 6.92 Å². The molecule has 1 aliphatic heterocycles. The van der Waals surface area contributed by atoms with Gasteiger partial charge in [0.15, 0.2) is 0 Å². The summed E-state index contributed by atoms with van der Waals surface area (Å²) < 4.78 is 0. The highest BCUT2D eigenvalue weighted by molar-refractivity contribution is 5.57. The van der Waals surface area contributed by atoms with Gasteiger partial charge in [-0.25, -0.2) is 0 Å². The summed E-state index contributed by atoms with van der Waals surface area (Å²) in [6.07, 6.45) is 0. The van der Waals surface area contributed by atoms with Gasteiger partial charge in [-0.05, 0) is 24.6 Å². The SMILES string of the molecule is CC1CNCCN(c2ccccc2O)C1. The normalized spacial score (nSPS) is 22.5. The average molecular weight is 206 g/mol. The van der Waals surface area contributed by atoms with Crippen LogP contribution in [0.25, 0.3) is 0 Å². The summed E-state index contributed by atoms with van der Waals surface area (Å²) in [5.41, 5.74) is 0.952. The third-order valence-corrected chi connectivity index (χ3v) is 2.81. The largest absolute Gasteiger partial charge is 0.506 e. The summed E-state index contributed by atoms with van der Waals surface area (Å²) in [5, 5.41) is 13.2. The topological polar surface area (TPSA) is 35.5 Å². The number of nitrogens with zero attached hydrogens (tertiary/aromatic N) is 1. The quantitative estimate of drug-likeness (QED) is 0.730. The highest BCUT2D eigenvalue weighted by Gasteiger charge is 2.16. The molecule has 3 nitrogen and oxygen atoms in total. The molecule has 1 atom stereocenters. The van der Waals surface area contributed by atoms with Gasteiger partial charge in [0, 0.05) is 19.6 Å². The van der Waals surface area contributed by atoms with Gasteiger partial charge in [0.2, 0.25) is 0 Å². The predicted molar refractivity (Wildman–Crippen MR) is 62.4 cm³/mol. The fourth-order valence-electron chi connectivity index (χ4n) is 2.04. The van der Waals surface area contributed by atoms with Gasteiger partial charge in [-0.15, -0.1) is 0 Å². The Hall–Kier alpha value is -1.22.